The number of anilines is 1. The van der Waals surface area contributed by atoms with E-state index in [4.69, 9.17) is 11.5 Å². The fraction of sp³-hybridized carbons (Fsp3) is 0.556. The van der Waals surface area contributed by atoms with Crippen LogP contribution in [0.3, 0.4) is 0 Å². The van der Waals surface area contributed by atoms with Crippen LogP contribution in [0.2, 0.25) is 0 Å². The van der Waals surface area contributed by atoms with Crippen LogP contribution in [0.4, 0.5) is 5.69 Å². The molecule has 1 heterocycles. The number of aromatic nitrogens is 2. The number of carbonyl (C=O) groups excluding carboxylic acids is 1. The van der Waals surface area contributed by atoms with Gasteiger partial charge in [-0.15, -0.1) is 0 Å². The van der Waals surface area contributed by atoms with E-state index in [2.05, 4.69) is 5.10 Å². The maximum atomic E-state index is 11.7. The Hall–Kier alpha value is -1.36. The van der Waals surface area contributed by atoms with Gasteiger partial charge in [-0.1, -0.05) is 6.92 Å². The van der Waals surface area contributed by atoms with Gasteiger partial charge in [0, 0.05) is 0 Å². The average Bonchev–Trinajstić information content (AvgIpc) is 2.43. The number of aryl methyl sites for hydroxylation is 1. The number of nitrogens with two attached hydrogens (primary N) is 2. The number of hydrogen-bond acceptors (Lipinski definition) is 4. The molecule has 1 aromatic heterocycles. The summed E-state index contributed by atoms with van der Waals surface area (Å²) in [7, 11) is 0. The highest BCUT2D eigenvalue weighted by molar-refractivity contribution is 5.84. The Kier molecular flexibility index (Phi) is 2.90. The standard InChI is InChI=1S/C9H16N4O/c1-4-7(10)9(14)13-6(3)8(11)5(2)12-13/h7H,4,10-11H2,1-3H3. The first-order chi connectivity index (χ1) is 6.49. The third-order valence-corrected chi connectivity index (χ3v) is 2.31. The van der Waals surface area contributed by atoms with E-state index < -0.39 is 6.04 Å². The number of hydrogen-bond donors (Lipinski definition) is 2. The molecule has 0 amide bonds. The molecule has 1 rings (SSSR count). The first-order valence-electron chi connectivity index (χ1n) is 4.60. The minimum atomic E-state index is -0.507. The molecule has 0 bridgehead atoms. The van der Waals surface area contributed by atoms with Crippen LogP contribution in [-0.4, -0.2) is 21.7 Å². The highest BCUT2D eigenvalue weighted by atomic mass is 16.2. The monoisotopic (exact) mass is 196 g/mol. The lowest BCUT2D eigenvalue weighted by Crippen LogP contribution is -2.35. The van der Waals surface area contributed by atoms with Gasteiger partial charge in [0.25, 0.3) is 5.91 Å². The second-order valence-electron chi connectivity index (χ2n) is 3.35. The van der Waals surface area contributed by atoms with Gasteiger partial charge in [0.05, 0.1) is 23.1 Å². The van der Waals surface area contributed by atoms with Crippen LogP contribution in [0.5, 0.6) is 0 Å². The Balaban J connectivity index is 3.08. The molecule has 4 N–H and O–H groups in total. The van der Waals surface area contributed by atoms with Gasteiger partial charge in [0.2, 0.25) is 0 Å². The Morgan fingerprint density at radius 3 is 2.50 bits per heavy atom. The third kappa shape index (κ3) is 1.63. The van der Waals surface area contributed by atoms with Gasteiger partial charge < -0.3 is 11.5 Å². The third-order valence-electron chi connectivity index (χ3n) is 2.31. The van der Waals surface area contributed by atoms with Crippen LogP contribution >= 0.6 is 0 Å². The van der Waals surface area contributed by atoms with E-state index in [0.29, 0.717) is 23.5 Å². The van der Waals surface area contributed by atoms with Gasteiger partial charge in [-0.05, 0) is 20.3 Å². The molecular formula is C9H16N4O. The fourth-order valence-electron chi connectivity index (χ4n) is 1.20. The molecule has 14 heavy (non-hydrogen) atoms. The maximum absolute atomic E-state index is 11.7. The molecule has 1 atom stereocenters. The van der Waals surface area contributed by atoms with Crippen molar-refractivity contribution in [2.45, 2.75) is 33.2 Å². The molecular weight excluding hydrogens is 180 g/mol. The molecule has 0 spiro atoms. The largest absolute Gasteiger partial charge is 0.396 e. The summed E-state index contributed by atoms with van der Waals surface area (Å²) in [5.41, 5.74) is 13.2. The zero-order valence-corrected chi connectivity index (χ0v) is 8.74. The molecule has 0 aromatic carbocycles. The average molecular weight is 196 g/mol. The van der Waals surface area contributed by atoms with Crippen molar-refractivity contribution in [3.63, 3.8) is 0 Å². The van der Waals surface area contributed by atoms with Gasteiger partial charge in [-0.25, -0.2) is 4.68 Å². The zero-order chi connectivity index (χ0) is 10.9. The van der Waals surface area contributed by atoms with Crippen LogP contribution < -0.4 is 11.5 Å². The van der Waals surface area contributed by atoms with Gasteiger partial charge >= 0.3 is 0 Å². The SMILES string of the molecule is CCC(N)C(=O)n1nc(C)c(N)c1C. The summed E-state index contributed by atoms with van der Waals surface area (Å²) >= 11 is 0. The minimum Gasteiger partial charge on any atom is -0.396 e. The molecule has 0 fully saturated rings. The molecule has 0 aliphatic rings. The van der Waals surface area contributed by atoms with Crippen molar-refractivity contribution in [2.24, 2.45) is 5.73 Å². The highest BCUT2D eigenvalue weighted by Gasteiger charge is 2.18. The van der Waals surface area contributed by atoms with Crippen molar-refractivity contribution >= 4 is 11.6 Å². The first-order valence-corrected chi connectivity index (χ1v) is 4.60. The predicted molar refractivity (Wildman–Crippen MR) is 55.0 cm³/mol. The molecule has 1 aromatic rings. The van der Waals surface area contributed by atoms with Crippen molar-refractivity contribution in [2.75, 3.05) is 5.73 Å². The second-order valence-corrected chi connectivity index (χ2v) is 3.35. The lowest BCUT2D eigenvalue weighted by Gasteiger charge is -2.08. The zero-order valence-electron chi connectivity index (χ0n) is 8.74. The van der Waals surface area contributed by atoms with Crippen LogP contribution in [0.25, 0.3) is 0 Å². The van der Waals surface area contributed by atoms with E-state index in [1.165, 1.54) is 4.68 Å². The second kappa shape index (κ2) is 3.79. The van der Waals surface area contributed by atoms with Gasteiger partial charge in [0.1, 0.15) is 0 Å². The summed E-state index contributed by atoms with van der Waals surface area (Å²) in [5, 5.41) is 4.04. The summed E-state index contributed by atoms with van der Waals surface area (Å²) in [6.45, 7) is 5.39. The molecule has 5 nitrogen and oxygen atoms in total. The van der Waals surface area contributed by atoms with E-state index in [9.17, 15) is 4.79 Å². The molecule has 0 radical (unpaired) electrons. The van der Waals surface area contributed by atoms with Crippen LogP contribution in [0.15, 0.2) is 0 Å². The van der Waals surface area contributed by atoms with Crippen molar-refractivity contribution < 1.29 is 4.79 Å². The Labute approximate surface area is 83.1 Å². The molecule has 0 aliphatic heterocycles. The van der Waals surface area contributed by atoms with Gasteiger partial charge in [-0.3, -0.25) is 4.79 Å². The molecule has 78 valence electrons. The lowest BCUT2D eigenvalue weighted by molar-refractivity contribution is 0.0858. The molecule has 1 unspecified atom stereocenters. The predicted octanol–water partition coefficient (Wildman–Crippen LogP) is 0.460. The number of carbonyl (C=O) groups is 1. The van der Waals surface area contributed by atoms with Crippen molar-refractivity contribution in [1.29, 1.82) is 0 Å². The van der Waals surface area contributed by atoms with Crippen LogP contribution in [-0.2, 0) is 0 Å². The summed E-state index contributed by atoms with van der Waals surface area (Å²) < 4.78 is 1.29. The summed E-state index contributed by atoms with van der Waals surface area (Å²) in [6, 6.07) is -0.507. The molecule has 0 aliphatic carbocycles. The van der Waals surface area contributed by atoms with Crippen LogP contribution in [0, 0.1) is 13.8 Å². The minimum absolute atomic E-state index is 0.204. The van der Waals surface area contributed by atoms with Crippen molar-refractivity contribution in [3.05, 3.63) is 11.4 Å². The summed E-state index contributed by atoms with van der Waals surface area (Å²) in [4.78, 5) is 11.7. The Morgan fingerprint density at radius 1 is 1.57 bits per heavy atom. The van der Waals surface area contributed by atoms with E-state index in [1.54, 1.807) is 13.8 Å². The highest BCUT2D eigenvalue weighted by Crippen LogP contribution is 2.14. The number of nitrogen functional groups attached to an aromatic ring is 1. The topological polar surface area (TPSA) is 86.9 Å². The Bertz CT molecular complexity index is 356. The van der Waals surface area contributed by atoms with Gasteiger partial charge in [0.15, 0.2) is 0 Å². The molecule has 0 saturated heterocycles. The summed E-state index contributed by atoms with van der Waals surface area (Å²) in [5.74, 6) is -0.204. The molecule has 0 saturated carbocycles. The fourth-order valence-corrected chi connectivity index (χ4v) is 1.20. The summed E-state index contributed by atoms with van der Waals surface area (Å²) in [6.07, 6.45) is 0.594. The van der Waals surface area contributed by atoms with E-state index in [1.807, 2.05) is 6.92 Å². The van der Waals surface area contributed by atoms with E-state index >= 15 is 0 Å². The smallest absolute Gasteiger partial charge is 0.264 e. The van der Waals surface area contributed by atoms with E-state index in [0.717, 1.165) is 0 Å². The van der Waals surface area contributed by atoms with Crippen molar-refractivity contribution in [1.82, 2.24) is 9.78 Å². The Morgan fingerprint density at radius 2 is 2.14 bits per heavy atom. The number of rotatable bonds is 2. The van der Waals surface area contributed by atoms with Crippen molar-refractivity contribution in [3.8, 4) is 0 Å². The number of nitrogens with zero attached hydrogens (tertiary/aromatic N) is 2. The lowest BCUT2D eigenvalue weighted by atomic mass is 10.2. The van der Waals surface area contributed by atoms with E-state index in [-0.39, 0.29) is 5.91 Å². The quantitative estimate of drug-likeness (QED) is 0.719. The maximum Gasteiger partial charge on any atom is 0.264 e. The normalized spacial score (nSPS) is 12.9. The van der Waals surface area contributed by atoms with Gasteiger partial charge in [-0.2, -0.15) is 5.10 Å². The van der Waals surface area contributed by atoms with Crippen LogP contribution in [0.1, 0.15) is 29.5 Å². The first kappa shape index (κ1) is 10.7. The molecule has 5 heteroatoms.